The van der Waals surface area contributed by atoms with Crippen LogP contribution in [0, 0.1) is 0 Å². The van der Waals surface area contributed by atoms with Gasteiger partial charge in [-0.15, -0.1) is 0 Å². The molecular weight excluding hydrogens is 265 g/mol. The van der Waals surface area contributed by atoms with Gasteiger partial charge in [0.05, 0.1) is 12.1 Å². The molecule has 0 amide bonds. The van der Waals surface area contributed by atoms with Gasteiger partial charge in [-0.25, -0.2) is 0 Å². The fourth-order valence-electron chi connectivity index (χ4n) is 1.28. The molecule has 1 aromatic rings. The van der Waals surface area contributed by atoms with E-state index in [0.29, 0.717) is 5.75 Å². The number of hydrogen-bond acceptors (Lipinski definition) is 5. The van der Waals surface area contributed by atoms with Crippen molar-refractivity contribution in [3.63, 3.8) is 0 Å². The monoisotopic (exact) mass is 283 g/mol. The normalized spacial score (nSPS) is 14.3. The van der Waals surface area contributed by atoms with Gasteiger partial charge < -0.3 is 9.26 Å². The van der Waals surface area contributed by atoms with Crippen LogP contribution in [-0.4, -0.2) is 31.2 Å². The molecule has 1 atom stereocenters. The lowest BCUT2D eigenvalue weighted by atomic mass is 10.3. The van der Waals surface area contributed by atoms with Gasteiger partial charge >= 0.3 is 5.97 Å². The predicted molar refractivity (Wildman–Crippen MR) is 75.2 cm³/mol. The van der Waals surface area contributed by atoms with Crippen molar-refractivity contribution < 1.29 is 18.6 Å². The summed E-state index contributed by atoms with van der Waals surface area (Å²) in [4.78, 5) is 15.0. The van der Waals surface area contributed by atoms with Crippen molar-refractivity contribution in [1.82, 2.24) is 0 Å². The standard InChI is InChI=1S/C13H18NO4P/c1-11(2)17-13(15)9-14-10-19(3,16)18-12-7-5-4-6-8-12/h4-8,10-11H,9H2,1-3H3/t19-/m0/s1. The van der Waals surface area contributed by atoms with Crippen LogP contribution in [0.15, 0.2) is 35.3 Å². The van der Waals surface area contributed by atoms with Crippen LogP contribution in [0.3, 0.4) is 0 Å². The molecule has 0 aliphatic heterocycles. The summed E-state index contributed by atoms with van der Waals surface area (Å²) in [7, 11) is -3.00. The number of carbonyl (C=O) groups is 1. The number of hydrogen-bond donors (Lipinski definition) is 0. The summed E-state index contributed by atoms with van der Waals surface area (Å²) in [5, 5.41) is 0. The first-order valence-corrected chi connectivity index (χ1v) is 8.05. The van der Waals surface area contributed by atoms with E-state index in [0.717, 1.165) is 0 Å². The first-order chi connectivity index (χ1) is 8.89. The molecule has 0 heterocycles. The Bertz CT molecular complexity index is 485. The van der Waals surface area contributed by atoms with Crippen LogP contribution in [0.25, 0.3) is 0 Å². The summed E-state index contributed by atoms with van der Waals surface area (Å²) in [6.45, 7) is 4.79. The maximum Gasteiger partial charge on any atom is 0.327 e. The van der Waals surface area contributed by atoms with Crippen LogP contribution in [0.1, 0.15) is 13.8 Å². The third kappa shape index (κ3) is 6.77. The Balaban J connectivity index is 2.50. The molecule has 0 saturated heterocycles. The van der Waals surface area contributed by atoms with E-state index in [1.165, 1.54) is 12.6 Å². The second-order valence-electron chi connectivity index (χ2n) is 4.31. The van der Waals surface area contributed by atoms with Crippen molar-refractivity contribution in [3.05, 3.63) is 30.3 Å². The minimum atomic E-state index is -3.00. The van der Waals surface area contributed by atoms with Gasteiger partial charge in [-0.2, -0.15) is 0 Å². The van der Waals surface area contributed by atoms with Crippen molar-refractivity contribution in [3.8, 4) is 5.75 Å². The zero-order valence-corrected chi connectivity index (χ0v) is 12.2. The number of benzene rings is 1. The molecule has 0 aliphatic carbocycles. The van der Waals surface area contributed by atoms with Crippen LogP contribution >= 0.6 is 7.37 Å². The van der Waals surface area contributed by atoms with Crippen molar-refractivity contribution in [1.29, 1.82) is 0 Å². The number of para-hydroxylation sites is 1. The molecule has 19 heavy (non-hydrogen) atoms. The zero-order chi connectivity index (χ0) is 14.3. The largest absolute Gasteiger partial charge is 0.462 e. The second-order valence-corrected chi connectivity index (χ2v) is 6.54. The van der Waals surface area contributed by atoms with Crippen LogP contribution in [-0.2, 0) is 14.1 Å². The highest BCUT2D eigenvalue weighted by Crippen LogP contribution is 2.40. The second kappa shape index (κ2) is 7.10. The molecule has 1 aromatic carbocycles. The first kappa shape index (κ1) is 15.4. The molecule has 0 spiro atoms. The average molecular weight is 283 g/mol. The third-order valence-electron chi connectivity index (χ3n) is 1.91. The molecule has 1 rings (SSSR count). The Morgan fingerprint density at radius 2 is 2.00 bits per heavy atom. The molecule has 104 valence electrons. The molecule has 0 aromatic heterocycles. The molecule has 0 fully saturated rings. The Morgan fingerprint density at radius 3 is 2.58 bits per heavy atom. The number of aliphatic imine (C=N–C) groups is 1. The van der Waals surface area contributed by atoms with Crippen LogP contribution in [0.5, 0.6) is 5.75 Å². The maximum absolute atomic E-state index is 12.1. The number of esters is 1. The molecule has 6 heteroatoms. The van der Waals surface area contributed by atoms with E-state index in [-0.39, 0.29) is 12.6 Å². The molecule has 0 aliphatic rings. The van der Waals surface area contributed by atoms with Gasteiger partial charge in [0.2, 0.25) is 0 Å². The van der Waals surface area contributed by atoms with Gasteiger partial charge in [-0.1, -0.05) is 18.2 Å². The summed E-state index contributed by atoms with van der Waals surface area (Å²) in [5.74, 6) is 1.23. The van der Waals surface area contributed by atoms with Gasteiger partial charge in [0.25, 0.3) is 7.37 Å². The van der Waals surface area contributed by atoms with Gasteiger partial charge in [0.1, 0.15) is 12.3 Å². The molecule has 0 N–H and O–H groups in total. The number of carbonyl (C=O) groups excluding carboxylic acids is 1. The minimum absolute atomic E-state index is 0.159. The molecule has 5 nitrogen and oxygen atoms in total. The van der Waals surface area contributed by atoms with E-state index in [1.807, 2.05) is 6.07 Å². The lowest BCUT2D eigenvalue weighted by Gasteiger charge is -2.10. The van der Waals surface area contributed by atoms with Crippen molar-refractivity contribution in [2.75, 3.05) is 13.2 Å². The molecule has 0 radical (unpaired) electrons. The molecule has 0 unspecified atom stereocenters. The van der Waals surface area contributed by atoms with Crippen LogP contribution in [0.2, 0.25) is 0 Å². The molecular formula is C13H18NO4P. The fraction of sp³-hybridized carbons (Fsp3) is 0.385. The van der Waals surface area contributed by atoms with E-state index in [1.54, 1.807) is 38.1 Å². The van der Waals surface area contributed by atoms with E-state index in [4.69, 9.17) is 9.26 Å². The summed E-state index contributed by atoms with van der Waals surface area (Å²) < 4.78 is 22.3. The Labute approximate surface area is 113 Å². The van der Waals surface area contributed by atoms with E-state index >= 15 is 0 Å². The molecule has 0 saturated carbocycles. The quantitative estimate of drug-likeness (QED) is 0.457. The van der Waals surface area contributed by atoms with Crippen LogP contribution in [0.4, 0.5) is 0 Å². The van der Waals surface area contributed by atoms with E-state index < -0.39 is 13.3 Å². The van der Waals surface area contributed by atoms with E-state index in [9.17, 15) is 9.36 Å². The minimum Gasteiger partial charge on any atom is -0.462 e. The lowest BCUT2D eigenvalue weighted by Crippen LogP contribution is -2.14. The fourth-order valence-corrected chi connectivity index (χ4v) is 2.24. The van der Waals surface area contributed by atoms with Crippen molar-refractivity contribution >= 4 is 19.3 Å². The summed E-state index contributed by atoms with van der Waals surface area (Å²) in [5.41, 5.74) is 0. The zero-order valence-electron chi connectivity index (χ0n) is 11.3. The van der Waals surface area contributed by atoms with Gasteiger partial charge in [-0.05, 0) is 26.0 Å². The first-order valence-electron chi connectivity index (χ1n) is 5.91. The summed E-state index contributed by atoms with van der Waals surface area (Å²) >= 11 is 0. The highest BCUT2D eigenvalue weighted by molar-refractivity contribution is 7.73. The maximum atomic E-state index is 12.1. The number of rotatable bonds is 6. The Kier molecular flexibility index (Phi) is 5.77. The Hall–Kier alpha value is -1.61. The van der Waals surface area contributed by atoms with Gasteiger partial charge in [0.15, 0.2) is 0 Å². The van der Waals surface area contributed by atoms with Gasteiger partial charge in [0, 0.05) is 6.66 Å². The average Bonchev–Trinajstić information content (AvgIpc) is 2.28. The number of nitrogens with zero attached hydrogens (tertiary/aromatic N) is 1. The van der Waals surface area contributed by atoms with Gasteiger partial charge in [-0.3, -0.25) is 14.4 Å². The highest BCUT2D eigenvalue weighted by atomic mass is 31.2. The van der Waals surface area contributed by atoms with Crippen LogP contribution < -0.4 is 4.52 Å². The summed E-state index contributed by atoms with van der Waals surface area (Å²) in [6, 6.07) is 8.82. The Morgan fingerprint density at radius 1 is 1.37 bits per heavy atom. The molecule has 0 bridgehead atoms. The SMILES string of the molecule is CC(C)OC(=O)CN=C[P@@](C)(=O)Oc1ccccc1. The lowest BCUT2D eigenvalue weighted by molar-refractivity contribution is -0.145. The van der Waals surface area contributed by atoms with E-state index in [2.05, 4.69) is 4.99 Å². The smallest absolute Gasteiger partial charge is 0.327 e. The highest BCUT2D eigenvalue weighted by Gasteiger charge is 2.14. The van der Waals surface area contributed by atoms with Crippen molar-refractivity contribution in [2.45, 2.75) is 20.0 Å². The van der Waals surface area contributed by atoms with Crippen molar-refractivity contribution in [2.24, 2.45) is 4.99 Å². The predicted octanol–water partition coefficient (Wildman–Crippen LogP) is 2.95. The topological polar surface area (TPSA) is 65.0 Å². The summed E-state index contributed by atoms with van der Waals surface area (Å²) in [6.07, 6.45) is -0.184. The number of ether oxygens (including phenoxy) is 1. The third-order valence-corrected chi connectivity index (χ3v) is 3.06.